The number of nitro groups is 1. The molecule has 1 aromatic carbocycles. The lowest BCUT2D eigenvalue weighted by Gasteiger charge is -2.09. The van der Waals surface area contributed by atoms with Gasteiger partial charge in [0.25, 0.3) is 5.69 Å². The van der Waals surface area contributed by atoms with Gasteiger partial charge in [-0.05, 0) is 18.6 Å². The van der Waals surface area contributed by atoms with Crippen LogP contribution in [0.3, 0.4) is 0 Å². The van der Waals surface area contributed by atoms with Crippen molar-refractivity contribution in [3.05, 3.63) is 33.4 Å². The number of carbonyl (C=O) groups excluding carboxylic acids is 1. The fourth-order valence-electron chi connectivity index (χ4n) is 1.46. The van der Waals surface area contributed by atoms with Crippen molar-refractivity contribution in [2.45, 2.75) is 12.3 Å². The van der Waals surface area contributed by atoms with E-state index < -0.39 is 10.9 Å². The van der Waals surface area contributed by atoms with Gasteiger partial charge in [-0.25, -0.2) is 4.79 Å². The van der Waals surface area contributed by atoms with E-state index in [1.165, 1.54) is 13.2 Å². The van der Waals surface area contributed by atoms with Crippen LogP contribution < -0.4 is 4.74 Å². The molecule has 1 aromatic rings. The standard InChI is InChI=1S/C11H12BrNO5/c1-3-18-11(14)10-7(6-12)4-8(17-2)5-9(10)13(15)16/h4-5H,3,6H2,1-2H3. The summed E-state index contributed by atoms with van der Waals surface area (Å²) in [5.41, 5.74) is 0.0984. The molecule has 0 radical (unpaired) electrons. The summed E-state index contributed by atoms with van der Waals surface area (Å²) in [5, 5.41) is 11.3. The number of halogens is 1. The first-order chi connectivity index (χ1) is 8.54. The summed E-state index contributed by atoms with van der Waals surface area (Å²) in [5.74, 6) is -0.384. The zero-order chi connectivity index (χ0) is 13.7. The first kappa shape index (κ1) is 14.4. The van der Waals surface area contributed by atoms with E-state index in [4.69, 9.17) is 9.47 Å². The number of nitrogens with zero attached hydrogens (tertiary/aromatic N) is 1. The highest BCUT2D eigenvalue weighted by Crippen LogP contribution is 2.30. The average Bonchev–Trinajstić information content (AvgIpc) is 2.37. The number of rotatable bonds is 5. The highest BCUT2D eigenvalue weighted by Gasteiger charge is 2.26. The number of nitro benzene ring substituents is 1. The van der Waals surface area contributed by atoms with E-state index in [0.717, 1.165) is 0 Å². The van der Waals surface area contributed by atoms with Gasteiger partial charge in [0.1, 0.15) is 11.3 Å². The molecule has 98 valence electrons. The Balaban J connectivity index is 3.44. The number of carbonyl (C=O) groups is 1. The van der Waals surface area contributed by atoms with Gasteiger partial charge in [0, 0.05) is 5.33 Å². The van der Waals surface area contributed by atoms with Crippen molar-refractivity contribution in [1.82, 2.24) is 0 Å². The van der Waals surface area contributed by atoms with Gasteiger partial charge < -0.3 is 9.47 Å². The quantitative estimate of drug-likeness (QED) is 0.361. The second-order valence-electron chi connectivity index (χ2n) is 3.29. The zero-order valence-electron chi connectivity index (χ0n) is 9.94. The third-order valence-corrected chi connectivity index (χ3v) is 2.83. The van der Waals surface area contributed by atoms with Crippen molar-refractivity contribution in [2.24, 2.45) is 0 Å². The Kier molecular flexibility index (Phi) is 5.08. The number of esters is 1. The maximum absolute atomic E-state index is 11.8. The van der Waals surface area contributed by atoms with Crippen molar-refractivity contribution in [2.75, 3.05) is 13.7 Å². The van der Waals surface area contributed by atoms with Gasteiger partial charge in [-0.3, -0.25) is 10.1 Å². The van der Waals surface area contributed by atoms with Crippen LogP contribution in [0.2, 0.25) is 0 Å². The Hall–Kier alpha value is -1.63. The first-order valence-corrected chi connectivity index (χ1v) is 6.25. The molecule has 0 bridgehead atoms. The second-order valence-corrected chi connectivity index (χ2v) is 3.85. The Bertz CT molecular complexity index is 475. The summed E-state index contributed by atoms with van der Waals surface area (Å²) in [6, 6.07) is 2.77. The molecule has 0 aromatic heterocycles. The highest BCUT2D eigenvalue weighted by molar-refractivity contribution is 9.08. The number of hydrogen-bond acceptors (Lipinski definition) is 5. The smallest absolute Gasteiger partial charge is 0.345 e. The SMILES string of the molecule is CCOC(=O)c1c(CBr)cc(OC)cc1[N+](=O)[O-]. The van der Waals surface area contributed by atoms with Gasteiger partial charge in [-0.15, -0.1) is 0 Å². The molecule has 0 aliphatic carbocycles. The van der Waals surface area contributed by atoms with Gasteiger partial charge >= 0.3 is 5.97 Å². The van der Waals surface area contributed by atoms with E-state index >= 15 is 0 Å². The van der Waals surface area contributed by atoms with Gasteiger partial charge in [0.15, 0.2) is 0 Å². The molecule has 0 aliphatic heterocycles. The lowest BCUT2D eigenvalue weighted by molar-refractivity contribution is -0.385. The van der Waals surface area contributed by atoms with E-state index in [9.17, 15) is 14.9 Å². The molecule has 0 fully saturated rings. The van der Waals surface area contributed by atoms with Crippen LogP contribution in [0.1, 0.15) is 22.8 Å². The Morgan fingerprint density at radius 1 is 1.50 bits per heavy atom. The summed E-state index contributed by atoms with van der Waals surface area (Å²) in [4.78, 5) is 22.1. The minimum absolute atomic E-state index is 0.0421. The maximum atomic E-state index is 11.8. The van der Waals surface area contributed by atoms with Gasteiger partial charge in [-0.2, -0.15) is 0 Å². The normalized spacial score (nSPS) is 9.94. The zero-order valence-corrected chi connectivity index (χ0v) is 11.5. The predicted octanol–water partition coefficient (Wildman–Crippen LogP) is 2.68. The van der Waals surface area contributed by atoms with Gasteiger partial charge in [0.05, 0.1) is 24.7 Å². The third kappa shape index (κ3) is 2.98. The summed E-state index contributed by atoms with van der Waals surface area (Å²) in [6.07, 6.45) is 0. The fourth-order valence-corrected chi connectivity index (χ4v) is 1.91. The third-order valence-electron chi connectivity index (χ3n) is 2.23. The lowest BCUT2D eigenvalue weighted by atomic mass is 10.1. The molecular formula is C11H12BrNO5. The molecule has 0 atom stereocenters. The molecule has 7 heteroatoms. The van der Waals surface area contributed by atoms with E-state index in [1.807, 2.05) is 0 Å². The summed E-state index contributed by atoms with van der Waals surface area (Å²) >= 11 is 3.19. The van der Waals surface area contributed by atoms with E-state index in [2.05, 4.69) is 15.9 Å². The molecule has 0 aliphatic rings. The summed E-state index contributed by atoms with van der Waals surface area (Å²) < 4.78 is 9.79. The predicted molar refractivity (Wildman–Crippen MR) is 68.2 cm³/mol. The highest BCUT2D eigenvalue weighted by atomic mass is 79.9. The summed E-state index contributed by atoms with van der Waals surface area (Å²) in [7, 11) is 1.40. The largest absolute Gasteiger partial charge is 0.496 e. The molecule has 0 saturated carbocycles. The monoisotopic (exact) mass is 317 g/mol. The van der Waals surface area contributed by atoms with E-state index in [0.29, 0.717) is 16.6 Å². The molecule has 0 saturated heterocycles. The van der Waals surface area contributed by atoms with Crippen LogP contribution in [0.25, 0.3) is 0 Å². The van der Waals surface area contributed by atoms with Crippen LogP contribution in [-0.4, -0.2) is 24.6 Å². The van der Waals surface area contributed by atoms with Gasteiger partial charge in [0.2, 0.25) is 0 Å². The van der Waals surface area contributed by atoms with Crippen molar-refractivity contribution in [1.29, 1.82) is 0 Å². The number of benzene rings is 1. The molecular weight excluding hydrogens is 306 g/mol. The molecule has 0 N–H and O–H groups in total. The number of alkyl halides is 1. The van der Waals surface area contributed by atoms with E-state index in [-0.39, 0.29) is 17.9 Å². The number of hydrogen-bond donors (Lipinski definition) is 0. The molecule has 0 unspecified atom stereocenters. The van der Waals surface area contributed by atoms with Crippen molar-refractivity contribution in [3.8, 4) is 5.75 Å². The molecule has 0 spiro atoms. The van der Waals surface area contributed by atoms with Crippen LogP contribution in [0.4, 0.5) is 5.69 Å². The van der Waals surface area contributed by atoms with Crippen LogP contribution in [0, 0.1) is 10.1 Å². The van der Waals surface area contributed by atoms with Crippen molar-refractivity contribution >= 4 is 27.6 Å². The molecule has 1 rings (SSSR count). The van der Waals surface area contributed by atoms with Crippen LogP contribution in [-0.2, 0) is 10.1 Å². The topological polar surface area (TPSA) is 78.7 Å². The Morgan fingerprint density at radius 2 is 2.17 bits per heavy atom. The molecule has 0 heterocycles. The Labute approximate surface area is 112 Å². The number of methoxy groups -OCH3 is 1. The van der Waals surface area contributed by atoms with Crippen LogP contribution in [0.5, 0.6) is 5.75 Å². The maximum Gasteiger partial charge on any atom is 0.345 e. The van der Waals surface area contributed by atoms with Crippen LogP contribution in [0.15, 0.2) is 12.1 Å². The molecule has 18 heavy (non-hydrogen) atoms. The fraction of sp³-hybridized carbons (Fsp3) is 0.364. The first-order valence-electron chi connectivity index (χ1n) is 5.13. The van der Waals surface area contributed by atoms with Crippen molar-refractivity contribution in [3.63, 3.8) is 0 Å². The second kappa shape index (κ2) is 6.34. The van der Waals surface area contributed by atoms with E-state index in [1.54, 1.807) is 13.0 Å². The summed E-state index contributed by atoms with van der Waals surface area (Å²) in [6.45, 7) is 1.80. The number of ether oxygens (including phenoxy) is 2. The average molecular weight is 318 g/mol. The van der Waals surface area contributed by atoms with Gasteiger partial charge in [-0.1, -0.05) is 15.9 Å². The molecule has 0 amide bonds. The molecule has 6 nitrogen and oxygen atoms in total. The lowest BCUT2D eigenvalue weighted by Crippen LogP contribution is -2.11. The minimum atomic E-state index is -0.707. The minimum Gasteiger partial charge on any atom is -0.496 e. The van der Waals surface area contributed by atoms with Crippen LogP contribution >= 0.6 is 15.9 Å². The Morgan fingerprint density at radius 3 is 2.61 bits per heavy atom. The van der Waals surface area contributed by atoms with Crippen molar-refractivity contribution < 1.29 is 19.2 Å².